The molecule has 11 heteroatoms. The number of pyridine rings is 1. The lowest BCUT2D eigenvalue weighted by Gasteiger charge is -2.10. The molecule has 0 fully saturated rings. The summed E-state index contributed by atoms with van der Waals surface area (Å²) in [6.07, 6.45) is 0. The van der Waals surface area contributed by atoms with Gasteiger partial charge in [0.05, 0.1) is 48.0 Å². The smallest absolute Gasteiger partial charge is 0.339 e. The number of anilines is 1. The zero-order chi connectivity index (χ0) is 22.1. The predicted molar refractivity (Wildman–Crippen MR) is 120 cm³/mol. The van der Waals surface area contributed by atoms with Gasteiger partial charge in [0, 0.05) is 0 Å². The fraction of sp³-hybridized carbons (Fsp3) is 0.100. The summed E-state index contributed by atoms with van der Waals surface area (Å²) in [7, 11) is 0. The summed E-state index contributed by atoms with van der Waals surface area (Å²) in [6, 6.07) is 8.14. The lowest BCUT2D eigenvalue weighted by Crippen LogP contribution is -2.21. The van der Waals surface area contributed by atoms with Gasteiger partial charge in [0.15, 0.2) is 6.61 Å². The number of aryl methyl sites for hydroxylation is 1. The number of rotatable bonds is 5. The summed E-state index contributed by atoms with van der Waals surface area (Å²) in [5, 5.41) is 9.41. The molecule has 0 aliphatic carbocycles. The van der Waals surface area contributed by atoms with E-state index >= 15 is 0 Å². The van der Waals surface area contributed by atoms with Crippen LogP contribution in [0.3, 0.4) is 0 Å². The molecule has 0 spiro atoms. The highest BCUT2D eigenvalue weighted by atomic mass is 35.5. The van der Waals surface area contributed by atoms with Crippen LogP contribution in [-0.2, 0) is 9.53 Å². The number of fused-ring (bicyclic) bond motifs is 1. The molecule has 0 radical (unpaired) electrons. The van der Waals surface area contributed by atoms with E-state index < -0.39 is 18.5 Å². The zero-order valence-electron chi connectivity index (χ0n) is 15.7. The van der Waals surface area contributed by atoms with Crippen LogP contribution in [0.25, 0.3) is 21.7 Å². The number of nitrogens with zero attached hydrogens (tertiary/aromatic N) is 2. The van der Waals surface area contributed by atoms with Gasteiger partial charge in [-0.25, -0.2) is 9.78 Å². The molecule has 7 nitrogen and oxygen atoms in total. The second-order valence-electron chi connectivity index (χ2n) is 6.35. The van der Waals surface area contributed by atoms with Crippen molar-refractivity contribution in [3.63, 3.8) is 0 Å². The molecular weight excluding hydrogens is 485 g/mol. The first-order chi connectivity index (χ1) is 14.8. The first-order valence-corrected chi connectivity index (χ1v) is 10.8. The quantitative estimate of drug-likeness (QED) is 0.268. The highest BCUT2D eigenvalue weighted by Gasteiger charge is 2.21. The van der Waals surface area contributed by atoms with Crippen molar-refractivity contribution in [1.29, 1.82) is 0 Å². The molecular formula is C20H12Cl3N3O4S. The van der Waals surface area contributed by atoms with E-state index in [-0.39, 0.29) is 32.0 Å². The van der Waals surface area contributed by atoms with Crippen molar-refractivity contribution in [2.45, 2.75) is 6.92 Å². The number of amides is 1. The molecule has 3 heterocycles. The van der Waals surface area contributed by atoms with Crippen LogP contribution in [0.4, 0.5) is 5.69 Å². The molecule has 4 aromatic rings. The van der Waals surface area contributed by atoms with E-state index in [4.69, 9.17) is 44.1 Å². The normalized spacial score (nSPS) is 11.0. The number of ether oxygens (including phenoxy) is 1. The largest absolute Gasteiger partial charge is 0.452 e. The van der Waals surface area contributed by atoms with Crippen LogP contribution in [0.1, 0.15) is 16.1 Å². The Labute approximate surface area is 194 Å². The minimum absolute atomic E-state index is 0.200. The lowest BCUT2D eigenvalue weighted by atomic mass is 10.1. The summed E-state index contributed by atoms with van der Waals surface area (Å²) < 4.78 is 10.4. The van der Waals surface area contributed by atoms with Gasteiger partial charge in [0.1, 0.15) is 0 Å². The van der Waals surface area contributed by atoms with Crippen molar-refractivity contribution in [2.75, 3.05) is 11.9 Å². The number of thiophene rings is 1. The van der Waals surface area contributed by atoms with Crippen molar-refractivity contribution in [2.24, 2.45) is 0 Å². The van der Waals surface area contributed by atoms with Crippen LogP contribution in [0.15, 0.2) is 40.2 Å². The van der Waals surface area contributed by atoms with Gasteiger partial charge >= 0.3 is 5.97 Å². The number of esters is 1. The predicted octanol–water partition coefficient (Wildman–Crippen LogP) is 6.02. The number of hydrogen-bond acceptors (Lipinski definition) is 7. The van der Waals surface area contributed by atoms with E-state index in [9.17, 15) is 9.59 Å². The van der Waals surface area contributed by atoms with Gasteiger partial charge in [-0.1, -0.05) is 46.0 Å². The van der Waals surface area contributed by atoms with Crippen molar-refractivity contribution in [3.05, 3.63) is 62.0 Å². The zero-order valence-corrected chi connectivity index (χ0v) is 18.8. The summed E-state index contributed by atoms with van der Waals surface area (Å²) in [4.78, 5) is 30.3. The van der Waals surface area contributed by atoms with E-state index in [2.05, 4.69) is 15.5 Å². The first kappa shape index (κ1) is 21.6. The summed E-state index contributed by atoms with van der Waals surface area (Å²) in [5.41, 5.74) is 1.69. The number of carbonyl (C=O) groups excluding carboxylic acids is 2. The third-order valence-electron chi connectivity index (χ3n) is 4.23. The van der Waals surface area contributed by atoms with E-state index in [1.807, 2.05) is 17.5 Å². The fourth-order valence-electron chi connectivity index (χ4n) is 2.82. The molecule has 31 heavy (non-hydrogen) atoms. The van der Waals surface area contributed by atoms with Crippen molar-refractivity contribution < 1.29 is 18.8 Å². The van der Waals surface area contributed by atoms with Gasteiger partial charge in [-0.05, 0) is 36.6 Å². The van der Waals surface area contributed by atoms with E-state index in [0.29, 0.717) is 16.8 Å². The number of hydrogen-bond donors (Lipinski definition) is 1. The maximum atomic E-state index is 12.8. The summed E-state index contributed by atoms with van der Waals surface area (Å²) >= 11 is 19.3. The number of carbonyl (C=O) groups is 2. The number of nitrogens with one attached hydrogen (secondary N) is 1. The Balaban J connectivity index is 1.54. The maximum Gasteiger partial charge on any atom is 0.339 e. The van der Waals surface area contributed by atoms with Crippen LogP contribution in [0, 0.1) is 6.92 Å². The average Bonchev–Trinajstić information content (AvgIpc) is 3.40. The minimum atomic E-state index is -0.716. The average molecular weight is 497 g/mol. The number of benzene rings is 1. The number of aromatic nitrogens is 2. The molecule has 0 saturated heterocycles. The van der Waals surface area contributed by atoms with Crippen molar-refractivity contribution >= 4 is 74.8 Å². The van der Waals surface area contributed by atoms with Gasteiger partial charge < -0.3 is 14.6 Å². The fourth-order valence-corrected chi connectivity index (χ4v) is 4.10. The number of halogens is 3. The third kappa shape index (κ3) is 4.52. The topological polar surface area (TPSA) is 94.3 Å². The molecule has 0 atom stereocenters. The van der Waals surface area contributed by atoms with Crippen LogP contribution in [0.5, 0.6) is 0 Å². The Morgan fingerprint density at radius 1 is 1.16 bits per heavy atom. The second kappa shape index (κ2) is 8.84. The van der Waals surface area contributed by atoms with E-state index in [1.54, 1.807) is 13.0 Å². The lowest BCUT2D eigenvalue weighted by molar-refractivity contribution is -0.119. The summed E-state index contributed by atoms with van der Waals surface area (Å²) in [6.45, 7) is 1.14. The minimum Gasteiger partial charge on any atom is -0.452 e. The molecule has 0 bridgehead atoms. The molecule has 3 aromatic heterocycles. The van der Waals surface area contributed by atoms with Gasteiger partial charge in [0.2, 0.25) is 0 Å². The summed E-state index contributed by atoms with van der Waals surface area (Å²) in [5.74, 6) is -1.31. The Hall–Kier alpha value is -2.65. The molecule has 4 rings (SSSR count). The standard InChI is InChI=1S/C20H12Cl3N3O4S/c1-9-18-10(5-15(16-3-2-4-31-16)25-19(18)30-26-9)20(28)29-8-17(27)24-14-7-12(22)11(21)6-13(14)23/h2-7H,8H2,1H3,(H,24,27). The first-order valence-electron chi connectivity index (χ1n) is 8.76. The molecule has 0 aliphatic heterocycles. The molecule has 1 aromatic carbocycles. The van der Waals surface area contributed by atoms with Gasteiger partial charge in [-0.15, -0.1) is 11.3 Å². The van der Waals surface area contributed by atoms with Gasteiger partial charge in [-0.2, -0.15) is 0 Å². The van der Waals surface area contributed by atoms with Crippen LogP contribution in [0.2, 0.25) is 15.1 Å². The molecule has 1 N–H and O–H groups in total. The van der Waals surface area contributed by atoms with Crippen LogP contribution < -0.4 is 5.32 Å². The molecule has 0 unspecified atom stereocenters. The third-order valence-corrected chi connectivity index (χ3v) is 6.16. The van der Waals surface area contributed by atoms with E-state index in [1.165, 1.54) is 23.5 Å². The van der Waals surface area contributed by atoms with E-state index in [0.717, 1.165) is 4.88 Å². The highest BCUT2D eigenvalue weighted by molar-refractivity contribution is 7.13. The molecule has 0 saturated carbocycles. The van der Waals surface area contributed by atoms with Crippen LogP contribution >= 0.6 is 46.1 Å². The SMILES string of the molecule is Cc1noc2nc(-c3cccs3)cc(C(=O)OCC(=O)Nc3cc(Cl)c(Cl)cc3Cl)c12. The van der Waals surface area contributed by atoms with Crippen molar-refractivity contribution in [1.82, 2.24) is 10.1 Å². The molecule has 158 valence electrons. The van der Waals surface area contributed by atoms with Gasteiger partial charge in [0.25, 0.3) is 11.6 Å². The van der Waals surface area contributed by atoms with Gasteiger partial charge in [-0.3, -0.25) is 4.79 Å². The second-order valence-corrected chi connectivity index (χ2v) is 8.52. The Bertz CT molecular complexity index is 1300. The Kier molecular flexibility index (Phi) is 6.15. The van der Waals surface area contributed by atoms with Crippen LogP contribution in [-0.4, -0.2) is 28.6 Å². The molecule has 1 amide bonds. The molecule has 0 aliphatic rings. The Morgan fingerprint density at radius 2 is 1.94 bits per heavy atom. The highest BCUT2D eigenvalue weighted by Crippen LogP contribution is 2.32. The Morgan fingerprint density at radius 3 is 2.68 bits per heavy atom. The maximum absolute atomic E-state index is 12.8. The van der Waals surface area contributed by atoms with Crippen molar-refractivity contribution in [3.8, 4) is 10.6 Å². The monoisotopic (exact) mass is 495 g/mol.